The van der Waals surface area contributed by atoms with Crippen LogP contribution in [0.15, 0.2) is 42.6 Å². The van der Waals surface area contributed by atoms with Crippen molar-refractivity contribution in [2.45, 2.75) is 6.54 Å². The molecular formula is C13H14FN3. The Morgan fingerprint density at radius 1 is 1.24 bits per heavy atom. The molecule has 0 unspecified atom stereocenters. The molecule has 4 heteroatoms. The molecule has 1 heterocycles. The van der Waals surface area contributed by atoms with Gasteiger partial charge in [-0.25, -0.2) is 4.39 Å². The molecule has 1 aromatic heterocycles. The van der Waals surface area contributed by atoms with Crippen LogP contribution in [0.4, 0.5) is 15.8 Å². The zero-order valence-electron chi connectivity index (χ0n) is 9.60. The molecule has 2 N–H and O–H groups in total. The largest absolute Gasteiger partial charge is 0.343 e. The van der Waals surface area contributed by atoms with Crippen molar-refractivity contribution >= 4 is 11.4 Å². The molecule has 0 aliphatic rings. The van der Waals surface area contributed by atoms with Crippen LogP contribution in [0.25, 0.3) is 0 Å². The van der Waals surface area contributed by atoms with Crippen molar-refractivity contribution < 1.29 is 4.39 Å². The van der Waals surface area contributed by atoms with Crippen LogP contribution in [0.5, 0.6) is 0 Å². The Bertz CT molecular complexity index is 496. The standard InChI is InChI=1S/C13H14FN3/c1-17(11-6-4-10(14)5-7-11)13-3-2-8-16-12(13)9-15/h2-8H,9,15H2,1H3. The molecule has 0 saturated heterocycles. The lowest BCUT2D eigenvalue weighted by molar-refractivity contribution is 0.628. The van der Waals surface area contributed by atoms with Crippen LogP contribution in [0, 0.1) is 5.82 Å². The van der Waals surface area contributed by atoms with E-state index in [0.717, 1.165) is 17.1 Å². The summed E-state index contributed by atoms with van der Waals surface area (Å²) in [7, 11) is 1.91. The topological polar surface area (TPSA) is 42.2 Å². The summed E-state index contributed by atoms with van der Waals surface area (Å²) in [6.07, 6.45) is 1.71. The highest BCUT2D eigenvalue weighted by Gasteiger charge is 2.08. The van der Waals surface area contributed by atoms with Gasteiger partial charge in [0.05, 0.1) is 11.4 Å². The molecule has 17 heavy (non-hydrogen) atoms. The van der Waals surface area contributed by atoms with Gasteiger partial charge >= 0.3 is 0 Å². The van der Waals surface area contributed by atoms with Gasteiger partial charge in [-0.05, 0) is 36.4 Å². The zero-order chi connectivity index (χ0) is 12.3. The lowest BCUT2D eigenvalue weighted by Crippen LogP contribution is -2.14. The maximum absolute atomic E-state index is 12.8. The summed E-state index contributed by atoms with van der Waals surface area (Å²) in [5.41, 5.74) is 8.29. The molecule has 3 nitrogen and oxygen atoms in total. The van der Waals surface area contributed by atoms with Crippen LogP contribution in [-0.4, -0.2) is 12.0 Å². The predicted molar refractivity (Wildman–Crippen MR) is 66.6 cm³/mol. The molecule has 0 saturated carbocycles. The van der Waals surface area contributed by atoms with Gasteiger partial charge in [-0.2, -0.15) is 0 Å². The van der Waals surface area contributed by atoms with Crippen molar-refractivity contribution in [3.8, 4) is 0 Å². The molecule has 0 aliphatic heterocycles. The van der Waals surface area contributed by atoms with Crippen molar-refractivity contribution in [3.63, 3.8) is 0 Å². The second-order valence-electron chi connectivity index (χ2n) is 3.71. The Kier molecular flexibility index (Phi) is 3.35. The van der Waals surface area contributed by atoms with Crippen molar-refractivity contribution in [1.82, 2.24) is 4.98 Å². The van der Waals surface area contributed by atoms with Crippen LogP contribution in [0.3, 0.4) is 0 Å². The highest BCUT2D eigenvalue weighted by molar-refractivity contribution is 5.64. The fourth-order valence-electron chi connectivity index (χ4n) is 1.70. The number of nitrogens with two attached hydrogens (primary N) is 1. The minimum Gasteiger partial charge on any atom is -0.343 e. The molecule has 0 spiro atoms. The molecule has 1 aromatic carbocycles. The Morgan fingerprint density at radius 2 is 1.94 bits per heavy atom. The second-order valence-corrected chi connectivity index (χ2v) is 3.71. The molecule has 88 valence electrons. The number of anilines is 2. The third kappa shape index (κ3) is 2.42. The Labute approximate surface area is 99.7 Å². The fourth-order valence-corrected chi connectivity index (χ4v) is 1.70. The SMILES string of the molecule is CN(c1ccc(F)cc1)c1cccnc1CN. The van der Waals surface area contributed by atoms with Gasteiger partial charge in [0.15, 0.2) is 0 Å². The van der Waals surface area contributed by atoms with Crippen molar-refractivity contribution in [2.75, 3.05) is 11.9 Å². The van der Waals surface area contributed by atoms with Gasteiger partial charge in [0.1, 0.15) is 5.82 Å². The Hall–Kier alpha value is -1.94. The van der Waals surface area contributed by atoms with Crippen LogP contribution in [0.1, 0.15) is 5.69 Å². The average molecular weight is 231 g/mol. The van der Waals surface area contributed by atoms with Gasteiger partial charge < -0.3 is 10.6 Å². The van der Waals surface area contributed by atoms with Crippen LogP contribution < -0.4 is 10.6 Å². The number of hydrogen-bond donors (Lipinski definition) is 1. The summed E-state index contributed by atoms with van der Waals surface area (Å²) in [6, 6.07) is 10.1. The van der Waals surface area contributed by atoms with E-state index in [1.54, 1.807) is 18.3 Å². The van der Waals surface area contributed by atoms with E-state index in [1.807, 2.05) is 24.1 Å². The molecule has 0 amide bonds. The lowest BCUT2D eigenvalue weighted by Gasteiger charge is -2.21. The van der Waals surface area contributed by atoms with Crippen LogP contribution in [-0.2, 0) is 6.54 Å². The molecule has 2 rings (SSSR count). The first-order chi connectivity index (χ1) is 8.22. The summed E-state index contributed by atoms with van der Waals surface area (Å²) in [4.78, 5) is 6.16. The van der Waals surface area contributed by atoms with Crippen molar-refractivity contribution in [3.05, 3.63) is 54.1 Å². The molecule has 0 aliphatic carbocycles. The first-order valence-electron chi connectivity index (χ1n) is 5.35. The van der Waals surface area contributed by atoms with Crippen molar-refractivity contribution in [2.24, 2.45) is 5.73 Å². The maximum Gasteiger partial charge on any atom is 0.123 e. The first kappa shape index (κ1) is 11.5. The first-order valence-corrected chi connectivity index (χ1v) is 5.35. The van der Waals surface area contributed by atoms with Crippen molar-refractivity contribution in [1.29, 1.82) is 0 Å². The van der Waals surface area contributed by atoms with Gasteiger partial charge in [-0.1, -0.05) is 0 Å². The quantitative estimate of drug-likeness (QED) is 0.882. The van der Waals surface area contributed by atoms with Crippen LogP contribution >= 0.6 is 0 Å². The van der Waals surface area contributed by atoms with E-state index in [9.17, 15) is 4.39 Å². The van der Waals surface area contributed by atoms with E-state index in [0.29, 0.717) is 6.54 Å². The maximum atomic E-state index is 12.8. The van der Waals surface area contributed by atoms with Gasteiger partial charge in [0.2, 0.25) is 0 Å². The number of halogens is 1. The fraction of sp³-hybridized carbons (Fsp3) is 0.154. The van der Waals surface area contributed by atoms with E-state index >= 15 is 0 Å². The van der Waals surface area contributed by atoms with E-state index in [2.05, 4.69) is 4.98 Å². The number of nitrogens with zero attached hydrogens (tertiary/aromatic N) is 2. The molecular weight excluding hydrogens is 217 g/mol. The molecule has 0 radical (unpaired) electrons. The summed E-state index contributed by atoms with van der Waals surface area (Å²) < 4.78 is 12.8. The monoisotopic (exact) mass is 231 g/mol. The number of benzene rings is 1. The van der Waals surface area contributed by atoms with Gasteiger partial charge in [-0.3, -0.25) is 4.98 Å². The summed E-state index contributed by atoms with van der Waals surface area (Å²) in [6.45, 7) is 0.377. The van der Waals surface area contributed by atoms with Gasteiger partial charge in [-0.15, -0.1) is 0 Å². The minimum absolute atomic E-state index is 0.243. The lowest BCUT2D eigenvalue weighted by atomic mass is 10.2. The predicted octanol–water partition coefficient (Wildman–Crippen LogP) is 2.45. The Balaban J connectivity index is 2.36. The number of rotatable bonds is 3. The molecule has 2 aromatic rings. The highest BCUT2D eigenvalue weighted by Crippen LogP contribution is 2.25. The van der Waals surface area contributed by atoms with Gasteiger partial charge in [0.25, 0.3) is 0 Å². The molecule has 0 bridgehead atoms. The highest BCUT2D eigenvalue weighted by atomic mass is 19.1. The molecule has 0 fully saturated rings. The third-order valence-electron chi connectivity index (χ3n) is 2.63. The van der Waals surface area contributed by atoms with E-state index in [-0.39, 0.29) is 5.82 Å². The number of aromatic nitrogens is 1. The summed E-state index contributed by atoms with van der Waals surface area (Å²) >= 11 is 0. The third-order valence-corrected chi connectivity index (χ3v) is 2.63. The minimum atomic E-state index is -0.243. The normalized spacial score (nSPS) is 10.3. The summed E-state index contributed by atoms with van der Waals surface area (Å²) in [5, 5.41) is 0. The van der Waals surface area contributed by atoms with E-state index in [4.69, 9.17) is 5.73 Å². The number of hydrogen-bond acceptors (Lipinski definition) is 3. The van der Waals surface area contributed by atoms with Gasteiger partial charge in [0, 0.05) is 25.5 Å². The average Bonchev–Trinajstić information content (AvgIpc) is 2.39. The zero-order valence-corrected chi connectivity index (χ0v) is 9.60. The van der Waals surface area contributed by atoms with E-state index in [1.165, 1.54) is 12.1 Å². The summed E-state index contributed by atoms with van der Waals surface area (Å²) in [5.74, 6) is -0.243. The van der Waals surface area contributed by atoms with Crippen LogP contribution in [0.2, 0.25) is 0 Å². The second kappa shape index (κ2) is 4.93. The Morgan fingerprint density at radius 3 is 2.59 bits per heavy atom. The smallest absolute Gasteiger partial charge is 0.123 e. The van der Waals surface area contributed by atoms with E-state index < -0.39 is 0 Å². The number of pyridine rings is 1. The molecule has 0 atom stereocenters.